The Bertz CT molecular complexity index is 1170. The Morgan fingerprint density at radius 1 is 1.24 bits per heavy atom. The van der Waals surface area contributed by atoms with Crippen LogP contribution in [0.3, 0.4) is 0 Å². The van der Waals surface area contributed by atoms with E-state index in [1.54, 1.807) is 18.5 Å². The average molecular weight is 470 g/mol. The van der Waals surface area contributed by atoms with E-state index >= 15 is 0 Å². The molecule has 0 saturated carbocycles. The summed E-state index contributed by atoms with van der Waals surface area (Å²) < 4.78 is 16.6. The molecule has 0 bridgehead atoms. The first-order chi connectivity index (χ1) is 15.9. The minimum Gasteiger partial charge on any atom is -0.368 e. The zero-order valence-corrected chi connectivity index (χ0v) is 19.7. The molecule has 33 heavy (non-hydrogen) atoms. The summed E-state index contributed by atoms with van der Waals surface area (Å²) in [7, 11) is 0. The second-order valence-corrected chi connectivity index (χ2v) is 9.58. The molecule has 2 unspecified atom stereocenters. The molecule has 3 aromatic rings. The van der Waals surface area contributed by atoms with Crippen LogP contribution >= 0.6 is 11.6 Å². The Kier molecular flexibility index (Phi) is 6.01. The van der Waals surface area contributed by atoms with Crippen molar-refractivity contribution in [3.63, 3.8) is 0 Å². The molecular formula is C25H29ClFN5O. The molecule has 3 atom stereocenters. The quantitative estimate of drug-likeness (QED) is 0.621. The molecular weight excluding hydrogens is 441 g/mol. The minimum atomic E-state index is -0.320. The molecule has 0 spiro atoms. The minimum absolute atomic E-state index is 0.0283. The zero-order valence-electron chi connectivity index (χ0n) is 19.0. The second-order valence-electron chi connectivity index (χ2n) is 9.14. The number of aromatic nitrogens is 2. The molecule has 2 aromatic carbocycles. The van der Waals surface area contributed by atoms with Gasteiger partial charge in [-0.25, -0.2) is 9.37 Å². The fraction of sp³-hybridized carbons (Fsp3) is 0.440. The Morgan fingerprint density at radius 2 is 2.09 bits per heavy atom. The molecule has 3 heterocycles. The normalized spacial score (nSPS) is 22.2. The Balaban J connectivity index is 1.37. The third-order valence-electron chi connectivity index (χ3n) is 7.02. The summed E-state index contributed by atoms with van der Waals surface area (Å²) in [6.07, 6.45) is 3.76. The van der Waals surface area contributed by atoms with Crippen molar-refractivity contribution in [2.75, 3.05) is 31.1 Å². The Hall–Kier alpha value is -2.64. The number of hydrogen-bond donors (Lipinski definition) is 1. The van der Waals surface area contributed by atoms with Crippen molar-refractivity contribution in [3.8, 4) is 0 Å². The van der Waals surface area contributed by atoms with E-state index in [2.05, 4.69) is 34.3 Å². The number of carbonyl (C=O) groups is 1. The van der Waals surface area contributed by atoms with Crippen molar-refractivity contribution >= 4 is 34.2 Å². The number of carbonyl (C=O) groups excluding carboxylic acids is 1. The van der Waals surface area contributed by atoms with Gasteiger partial charge in [0.15, 0.2) is 0 Å². The smallest absolute Gasteiger partial charge is 0.240 e. The van der Waals surface area contributed by atoms with Crippen LogP contribution in [-0.4, -0.2) is 58.6 Å². The fourth-order valence-corrected chi connectivity index (χ4v) is 5.28. The molecule has 174 valence electrons. The highest BCUT2D eigenvalue weighted by atomic mass is 35.5. The number of rotatable bonds is 4. The fourth-order valence-electron chi connectivity index (χ4n) is 5.12. The van der Waals surface area contributed by atoms with Crippen LogP contribution in [-0.2, 0) is 4.79 Å². The maximum absolute atomic E-state index is 14.6. The lowest BCUT2D eigenvalue weighted by Gasteiger charge is -2.42. The molecule has 1 amide bonds. The Morgan fingerprint density at radius 3 is 2.82 bits per heavy atom. The SMILES string of the molecule is CC1CN(c2ccc3ncn([C@H](C)c4ccc(Cl)cc4F)c3c2)CCN1C(=O)C1CCCN1. The molecule has 0 radical (unpaired) electrons. The van der Waals surface area contributed by atoms with E-state index in [1.807, 2.05) is 22.5 Å². The van der Waals surface area contributed by atoms with E-state index in [1.165, 1.54) is 6.07 Å². The number of imidazole rings is 1. The van der Waals surface area contributed by atoms with Gasteiger partial charge in [-0.3, -0.25) is 4.79 Å². The summed E-state index contributed by atoms with van der Waals surface area (Å²) in [5.74, 6) is -0.0913. The van der Waals surface area contributed by atoms with Gasteiger partial charge in [0, 0.05) is 41.9 Å². The standard InChI is InChI=1S/C25H29ClFN5O/c1-16-14-30(10-11-31(16)25(33)23-4-3-9-28-23)19-6-8-22-24(13-19)32(15-29-22)17(2)20-7-5-18(26)12-21(20)27/h5-8,12-13,15-17,23,28H,3-4,9-11,14H2,1-2H3/t16?,17-,23?/m1/s1. The number of fused-ring (bicyclic) bond motifs is 1. The summed E-state index contributed by atoms with van der Waals surface area (Å²) in [4.78, 5) is 21.8. The largest absolute Gasteiger partial charge is 0.368 e. The van der Waals surface area contributed by atoms with Crippen LogP contribution in [0.15, 0.2) is 42.7 Å². The number of halogens is 2. The lowest BCUT2D eigenvalue weighted by atomic mass is 10.1. The molecule has 1 N–H and O–H groups in total. The highest BCUT2D eigenvalue weighted by Gasteiger charge is 2.33. The van der Waals surface area contributed by atoms with Crippen LogP contribution in [0.1, 0.15) is 38.3 Å². The maximum Gasteiger partial charge on any atom is 0.240 e. The number of anilines is 1. The number of hydrogen-bond acceptors (Lipinski definition) is 4. The predicted octanol–water partition coefficient (Wildman–Crippen LogP) is 4.23. The maximum atomic E-state index is 14.6. The third-order valence-corrected chi connectivity index (χ3v) is 7.26. The second kappa shape index (κ2) is 8.95. The van der Waals surface area contributed by atoms with Crippen LogP contribution in [0.25, 0.3) is 11.0 Å². The van der Waals surface area contributed by atoms with Crippen LogP contribution in [0.5, 0.6) is 0 Å². The lowest BCUT2D eigenvalue weighted by Crippen LogP contribution is -2.57. The van der Waals surface area contributed by atoms with Crippen molar-refractivity contribution < 1.29 is 9.18 Å². The predicted molar refractivity (Wildman–Crippen MR) is 129 cm³/mol. The molecule has 5 rings (SSSR count). The number of amides is 1. The van der Waals surface area contributed by atoms with Gasteiger partial charge in [-0.2, -0.15) is 0 Å². The molecule has 8 heteroatoms. The van der Waals surface area contributed by atoms with Gasteiger partial charge in [-0.05, 0) is 63.6 Å². The van der Waals surface area contributed by atoms with Crippen LogP contribution < -0.4 is 10.2 Å². The van der Waals surface area contributed by atoms with Crippen molar-refractivity contribution in [1.29, 1.82) is 0 Å². The first kappa shape index (κ1) is 22.2. The van der Waals surface area contributed by atoms with Crippen molar-refractivity contribution in [2.24, 2.45) is 0 Å². The highest BCUT2D eigenvalue weighted by molar-refractivity contribution is 6.30. The molecule has 2 aliphatic rings. The van der Waals surface area contributed by atoms with E-state index in [0.717, 1.165) is 49.2 Å². The van der Waals surface area contributed by atoms with Gasteiger partial charge in [0.2, 0.25) is 5.91 Å². The van der Waals surface area contributed by atoms with Crippen molar-refractivity contribution in [1.82, 2.24) is 19.8 Å². The summed E-state index contributed by atoms with van der Waals surface area (Å²) in [6.45, 7) is 7.28. The van der Waals surface area contributed by atoms with E-state index < -0.39 is 0 Å². The van der Waals surface area contributed by atoms with E-state index in [-0.39, 0.29) is 29.8 Å². The summed E-state index contributed by atoms with van der Waals surface area (Å²) in [5, 5.41) is 3.71. The van der Waals surface area contributed by atoms with Crippen LogP contribution in [0.2, 0.25) is 5.02 Å². The number of nitrogens with zero attached hydrogens (tertiary/aromatic N) is 4. The Labute approximate surface area is 198 Å². The van der Waals surface area contributed by atoms with Gasteiger partial charge in [0.05, 0.1) is 29.4 Å². The molecule has 2 saturated heterocycles. The molecule has 2 fully saturated rings. The van der Waals surface area contributed by atoms with Gasteiger partial charge >= 0.3 is 0 Å². The van der Waals surface area contributed by atoms with Gasteiger partial charge < -0.3 is 19.7 Å². The number of benzene rings is 2. The summed E-state index contributed by atoms with van der Waals surface area (Å²) >= 11 is 5.93. The third kappa shape index (κ3) is 4.20. The summed E-state index contributed by atoms with van der Waals surface area (Å²) in [5.41, 5.74) is 3.49. The van der Waals surface area contributed by atoms with Gasteiger partial charge in [-0.1, -0.05) is 17.7 Å². The number of nitrogens with one attached hydrogen (secondary N) is 1. The first-order valence-corrected chi connectivity index (χ1v) is 12.0. The molecule has 6 nitrogen and oxygen atoms in total. The molecule has 0 aliphatic carbocycles. The van der Waals surface area contributed by atoms with Crippen molar-refractivity contribution in [3.05, 3.63) is 59.1 Å². The number of piperazine rings is 1. The lowest BCUT2D eigenvalue weighted by molar-refractivity contribution is -0.135. The van der Waals surface area contributed by atoms with Gasteiger partial charge in [0.1, 0.15) is 5.82 Å². The van der Waals surface area contributed by atoms with Gasteiger partial charge in [-0.15, -0.1) is 0 Å². The highest BCUT2D eigenvalue weighted by Crippen LogP contribution is 2.30. The molecule has 1 aromatic heterocycles. The van der Waals surface area contributed by atoms with E-state index in [4.69, 9.17) is 11.6 Å². The zero-order chi connectivity index (χ0) is 23.1. The average Bonchev–Trinajstić information content (AvgIpc) is 3.48. The monoisotopic (exact) mass is 469 g/mol. The van der Waals surface area contributed by atoms with Crippen LogP contribution in [0, 0.1) is 5.82 Å². The van der Waals surface area contributed by atoms with Crippen molar-refractivity contribution in [2.45, 2.75) is 44.8 Å². The topological polar surface area (TPSA) is 53.4 Å². The van der Waals surface area contributed by atoms with E-state index in [9.17, 15) is 9.18 Å². The summed E-state index contributed by atoms with van der Waals surface area (Å²) in [6, 6.07) is 10.9. The van der Waals surface area contributed by atoms with Crippen LogP contribution in [0.4, 0.5) is 10.1 Å². The van der Waals surface area contributed by atoms with E-state index in [0.29, 0.717) is 17.1 Å². The first-order valence-electron chi connectivity index (χ1n) is 11.6. The molecule has 2 aliphatic heterocycles. The van der Waals surface area contributed by atoms with Gasteiger partial charge in [0.25, 0.3) is 0 Å².